The Balaban J connectivity index is 1.47. The van der Waals surface area contributed by atoms with E-state index < -0.39 is 17.2 Å². The molecule has 1 aliphatic carbocycles. The van der Waals surface area contributed by atoms with Gasteiger partial charge in [-0.1, -0.05) is 12.1 Å². The summed E-state index contributed by atoms with van der Waals surface area (Å²) in [5, 5.41) is 20.6. The topological polar surface area (TPSA) is 116 Å². The molecule has 0 radical (unpaired) electrons. The van der Waals surface area contributed by atoms with Gasteiger partial charge in [-0.2, -0.15) is 5.26 Å². The highest BCUT2D eigenvalue weighted by molar-refractivity contribution is 5.98. The van der Waals surface area contributed by atoms with Crippen molar-refractivity contribution in [2.45, 2.75) is 44.4 Å². The number of aliphatic imine (C=N–C) groups is 1. The summed E-state index contributed by atoms with van der Waals surface area (Å²) < 4.78 is 30.6. The smallest absolute Gasteiger partial charge is 0.256 e. The summed E-state index contributed by atoms with van der Waals surface area (Å²) in [7, 11) is 1.56. The number of nitrogen functional groups attached to an aromatic ring is 1. The largest absolute Gasteiger partial charge is 0.398 e. The molecule has 1 saturated carbocycles. The van der Waals surface area contributed by atoms with Crippen LogP contribution in [0.5, 0.6) is 0 Å². The maximum Gasteiger partial charge on any atom is 0.256 e. The lowest BCUT2D eigenvalue weighted by Gasteiger charge is -2.35. The number of amides is 1. The second-order valence-electron chi connectivity index (χ2n) is 9.89. The first-order chi connectivity index (χ1) is 18.3. The van der Waals surface area contributed by atoms with Crippen LogP contribution in [0.25, 0.3) is 11.1 Å². The number of benzene rings is 2. The lowest BCUT2D eigenvalue weighted by Crippen LogP contribution is -2.32. The van der Waals surface area contributed by atoms with E-state index in [-0.39, 0.29) is 41.7 Å². The van der Waals surface area contributed by atoms with E-state index in [1.807, 2.05) is 0 Å². The van der Waals surface area contributed by atoms with Gasteiger partial charge in [-0.25, -0.2) is 8.78 Å². The number of hydrogen-bond donors (Lipinski definition) is 2. The van der Waals surface area contributed by atoms with Crippen molar-refractivity contribution in [3.63, 3.8) is 0 Å². The van der Waals surface area contributed by atoms with E-state index in [1.54, 1.807) is 37.5 Å². The molecule has 2 aromatic carbocycles. The van der Waals surface area contributed by atoms with Crippen LogP contribution in [0.2, 0.25) is 0 Å². The van der Waals surface area contributed by atoms with Crippen molar-refractivity contribution in [1.82, 2.24) is 9.88 Å². The van der Waals surface area contributed by atoms with Crippen LogP contribution in [0, 0.1) is 28.9 Å². The summed E-state index contributed by atoms with van der Waals surface area (Å²) in [6, 6.07) is 11.4. The number of aromatic nitrogens is 1. The summed E-state index contributed by atoms with van der Waals surface area (Å²) >= 11 is 0. The van der Waals surface area contributed by atoms with Crippen LogP contribution in [-0.4, -0.2) is 34.2 Å². The standard InChI is InChI=1S/C29H27F2N5O2/c1-34-14-21-19(4-5-23(27(21)33)29(38)8-6-17(13-32)7-9-29)18-11-24(30)22(25(31)12-18)15-36-16-26-20(28(36)37)3-2-10-35-26/h2-5,10-12,14,17,38H,6-9,15-16,33H2,1H3. The zero-order chi connectivity index (χ0) is 27.0. The molecule has 9 heteroatoms. The number of carbonyl (C=O) groups excluding carboxylic acids is 1. The number of pyridine rings is 1. The molecule has 1 aromatic heterocycles. The highest BCUT2D eigenvalue weighted by Crippen LogP contribution is 2.44. The normalized spacial score (nSPS) is 21.1. The van der Waals surface area contributed by atoms with Crippen LogP contribution in [0.3, 0.4) is 0 Å². The molecule has 1 aliphatic heterocycles. The second-order valence-corrected chi connectivity index (χ2v) is 9.89. The number of nitrogens with two attached hydrogens (primary N) is 1. The lowest BCUT2D eigenvalue weighted by atomic mass is 9.74. The van der Waals surface area contributed by atoms with Gasteiger partial charge in [-0.3, -0.25) is 14.8 Å². The zero-order valence-corrected chi connectivity index (χ0v) is 20.9. The highest BCUT2D eigenvalue weighted by Gasteiger charge is 2.37. The summed E-state index contributed by atoms with van der Waals surface area (Å²) in [4.78, 5) is 22.3. The minimum Gasteiger partial charge on any atom is -0.398 e. The van der Waals surface area contributed by atoms with Gasteiger partial charge in [0, 0.05) is 47.8 Å². The van der Waals surface area contributed by atoms with Crippen molar-refractivity contribution in [2.24, 2.45) is 10.9 Å². The molecule has 5 rings (SSSR count). The molecule has 0 saturated heterocycles. The number of hydrogen-bond acceptors (Lipinski definition) is 6. The molecule has 3 aromatic rings. The van der Waals surface area contributed by atoms with Gasteiger partial charge in [0.2, 0.25) is 0 Å². The highest BCUT2D eigenvalue weighted by atomic mass is 19.1. The Labute approximate surface area is 219 Å². The summed E-state index contributed by atoms with van der Waals surface area (Å²) in [5.41, 5.74) is 8.09. The Kier molecular flexibility index (Phi) is 6.67. The monoisotopic (exact) mass is 515 g/mol. The van der Waals surface area contributed by atoms with Gasteiger partial charge in [0.15, 0.2) is 0 Å². The maximum absolute atomic E-state index is 15.3. The van der Waals surface area contributed by atoms with E-state index in [0.717, 1.165) is 0 Å². The SMILES string of the molecule is CN=Cc1c(-c2cc(F)c(CN3Cc4ncccc4C3=O)c(F)c2)ccc(C2(O)CCC(C#N)CC2)c1N. The van der Waals surface area contributed by atoms with Crippen LogP contribution < -0.4 is 5.73 Å². The van der Waals surface area contributed by atoms with E-state index in [0.29, 0.717) is 53.6 Å². The number of aliphatic hydroxyl groups is 1. The first-order valence-corrected chi connectivity index (χ1v) is 12.4. The first-order valence-electron chi connectivity index (χ1n) is 12.4. The third-order valence-corrected chi connectivity index (χ3v) is 7.59. The second kappa shape index (κ2) is 9.95. The predicted octanol–water partition coefficient (Wildman–Crippen LogP) is 4.72. The Morgan fingerprint density at radius 3 is 2.58 bits per heavy atom. The fourth-order valence-electron chi connectivity index (χ4n) is 5.47. The van der Waals surface area contributed by atoms with Crippen LogP contribution in [0.1, 0.15) is 58.4 Å². The van der Waals surface area contributed by atoms with E-state index in [9.17, 15) is 15.2 Å². The van der Waals surface area contributed by atoms with Crippen LogP contribution >= 0.6 is 0 Å². The van der Waals surface area contributed by atoms with Gasteiger partial charge in [0.05, 0.1) is 36.0 Å². The van der Waals surface area contributed by atoms with Crippen LogP contribution in [0.15, 0.2) is 47.6 Å². The molecule has 2 heterocycles. The van der Waals surface area contributed by atoms with E-state index in [4.69, 9.17) is 5.73 Å². The molecular weight excluding hydrogens is 488 g/mol. The molecule has 2 aliphatic rings. The van der Waals surface area contributed by atoms with Gasteiger partial charge in [0.25, 0.3) is 5.91 Å². The molecule has 1 amide bonds. The minimum atomic E-state index is -1.19. The molecule has 38 heavy (non-hydrogen) atoms. The molecule has 3 N–H and O–H groups in total. The van der Waals surface area contributed by atoms with Gasteiger partial charge in [0.1, 0.15) is 11.6 Å². The van der Waals surface area contributed by atoms with Crippen molar-refractivity contribution in [3.05, 3.63) is 82.2 Å². The summed E-state index contributed by atoms with van der Waals surface area (Å²) in [6.45, 7) is -0.0447. The average molecular weight is 516 g/mol. The van der Waals surface area contributed by atoms with Crippen molar-refractivity contribution in [2.75, 3.05) is 12.8 Å². The minimum absolute atomic E-state index is 0.0989. The van der Waals surface area contributed by atoms with Gasteiger partial charge >= 0.3 is 0 Å². The Morgan fingerprint density at radius 2 is 1.95 bits per heavy atom. The third kappa shape index (κ3) is 4.41. The fraction of sp³-hybridized carbons (Fsp3) is 0.310. The average Bonchev–Trinajstić information content (AvgIpc) is 3.22. The Morgan fingerprint density at radius 1 is 1.24 bits per heavy atom. The Bertz CT molecular complexity index is 1470. The quantitative estimate of drug-likeness (QED) is 0.377. The lowest BCUT2D eigenvalue weighted by molar-refractivity contribution is -0.00741. The molecule has 7 nitrogen and oxygen atoms in total. The molecule has 194 valence electrons. The fourth-order valence-corrected chi connectivity index (χ4v) is 5.47. The van der Waals surface area contributed by atoms with Crippen molar-refractivity contribution in [3.8, 4) is 17.2 Å². The molecule has 0 bridgehead atoms. The number of nitrogens with zero attached hydrogens (tertiary/aromatic N) is 4. The van der Waals surface area contributed by atoms with Crippen molar-refractivity contribution >= 4 is 17.8 Å². The van der Waals surface area contributed by atoms with Crippen molar-refractivity contribution < 1.29 is 18.7 Å². The summed E-state index contributed by atoms with van der Waals surface area (Å²) in [5.74, 6) is -1.99. The van der Waals surface area contributed by atoms with Gasteiger partial charge in [-0.15, -0.1) is 0 Å². The van der Waals surface area contributed by atoms with E-state index >= 15 is 8.78 Å². The zero-order valence-electron chi connectivity index (χ0n) is 20.9. The number of rotatable bonds is 5. The van der Waals surface area contributed by atoms with Gasteiger partial charge in [-0.05, 0) is 61.1 Å². The first kappa shape index (κ1) is 25.5. The molecule has 1 fully saturated rings. The molecular formula is C29H27F2N5O2. The van der Waals surface area contributed by atoms with E-state index in [1.165, 1.54) is 23.2 Å². The number of fused-ring (bicyclic) bond motifs is 1. The maximum atomic E-state index is 15.3. The van der Waals surface area contributed by atoms with Crippen LogP contribution in [0.4, 0.5) is 14.5 Å². The third-order valence-electron chi connectivity index (χ3n) is 7.59. The van der Waals surface area contributed by atoms with E-state index in [2.05, 4.69) is 16.0 Å². The molecule has 0 atom stereocenters. The molecule has 0 unspecified atom stereocenters. The number of anilines is 1. The summed E-state index contributed by atoms with van der Waals surface area (Å²) in [6.07, 6.45) is 4.99. The number of carbonyl (C=O) groups is 1. The Hall–Kier alpha value is -4.16. The number of nitriles is 1. The van der Waals surface area contributed by atoms with Crippen molar-refractivity contribution in [1.29, 1.82) is 5.26 Å². The number of halogens is 2. The van der Waals surface area contributed by atoms with Crippen LogP contribution in [-0.2, 0) is 18.7 Å². The van der Waals surface area contributed by atoms with Gasteiger partial charge < -0.3 is 15.7 Å². The molecule has 0 spiro atoms. The predicted molar refractivity (Wildman–Crippen MR) is 139 cm³/mol.